The Hall–Kier alpha value is -2.12. The van der Waals surface area contributed by atoms with E-state index in [1.54, 1.807) is 31.4 Å². The fourth-order valence-corrected chi connectivity index (χ4v) is 2.30. The lowest BCUT2D eigenvalue weighted by atomic mass is 9.98. The average molecular weight is 323 g/mol. The second-order valence-corrected chi connectivity index (χ2v) is 5.37. The van der Waals surface area contributed by atoms with Gasteiger partial charge in [0.1, 0.15) is 5.75 Å². The Morgan fingerprint density at radius 1 is 1.39 bits per heavy atom. The Labute approximate surface area is 134 Å². The van der Waals surface area contributed by atoms with Gasteiger partial charge in [-0.1, -0.05) is 6.07 Å². The van der Waals surface area contributed by atoms with Gasteiger partial charge in [0.2, 0.25) is 0 Å². The summed E-state index contributed by atoms with van der Waals surface area (Å²) in [6, 6.07) is 6.64. The number of amides is 1. The van der Waals surface area contributed by atoms with Crippen LogP contribution in [-0.4, -0.2) is 56.1 Å². The molecule has 23 heavy (non-hydrogen) atoms. The van der Waals surface area contributed by atoms with E-state index in [-0.39, 0.29) is 13.0 Å². The van der Waals surface area contributed by atoms with Gasteiger partial charge in [-0.3, -0.25) is 4.79 Å². The molecule has 0 saturated carbocycles. The van der Waals surface area contributed by atoms with E-state index in [0.717, 1.165) is 6.42 Å². The zero-order chi connectivity index (χ0) is 16.7. The van der Waals surface area contributed by atoms with Crippen LogP contribution in [0.2, 0.25) is 0 Å². The van der Waals surface area contributed by atoms with Gasteiger partial charge in [-0.15, -0.1) is 0 Å². The van der Waals surface area contributed by atoms with Gasteiger partial charge < -0.3 is 24.6 Å². The summed E-state index contributed by atoms with van der Waals surface area (Å²) in [6.45, 7) is 1.36. The van der Waals surface area contributed by atoms with E-state index in [1.165, 1.54) is 0 Å². The van der Waals surface area contributed by atoms with Crippen molar-refractivity contribution in [1.29, 1.82) is 0 Å². The van der Waals surface area contributed by atoms with Crippen molar-refractivity contribution in [2.45, 2.75) is 18.4 Å². The zero-order valence-corrected chi connectivity index (χ0v) is 13.0. The minimum absolute atomic E-state index is 0.0265. The zero-order valence-electron chi connectivity index (χ0n) is 13.0. The van der Waals surface area contributed by atoms with E-state index in [9.17, 15) is 14.7 Å². The van der Waals surface area contributed by atoms with Gasteiger partial charge >= 0.3 is 5.97 Å². The smallest absolute Gasteiger partial charge is 0.331 e. The molecule has 1 aromatic carbocycles. The van der Waals surface area contributed by atoms with Gasteiger partial charge in [-0.05, 0) is 18.2 Å². The van der Waals surface area contributed by atoms with Crippen LogP contribution >= 0.6 is 0 Å². The second kappa shape index (κ2) is 7.94. The molecule has 1 heterocycles. The number of hydrogen-bond donors (Lipinski definition) is 2. The molecule has 7 heteroatoms. The van der Waals surface area contributed by atoms with Crippen LogP contribution in [0.1, 0.15) is 23.2 Å². The standard InChI is InChI=1S/C16H21NO6/c1-21-7-3-8-23-13-5-2-4-12(10-13)14(18)17-16(15(19)20)6-9-22-11-16/h2,4-5,10H,3,6-9,11H2,1H3,(H,17,18)(H,19,20). The second-order valence-electron chi connectivity index (χ2n) is 5.37. The van der Waals surface area contributed by atoms with Gasteiger partial charge in [0.15, 0.2) is 5.54 Å². The number of rotatable bonds is 8. The third-order valence-electron chi connectivity index (χ3n) is 3.64. The lowest BCUT2D eigenvalue weighted by Crippen LogP contribution is -2.55. The highest BCUT2D eigenvalue weighted by Crippen LogP contribution is 2.21. The first kappa shape index (κ1) is 17.2. The Morgan fingerprint density at radius 2 is 2.22 bits per heavy atom. The largest absolute Gasteiger partial charge is 0.493 e. The van der Waals surface area contributed by atoms with Crippen molar-refractivity contribution in [3.05, 3.63) is 29.8 Å². The maximum Gasteiger partial charge on any atom is 0.331 e. The molecule has 1 amide bonds. The highest BCUT2D eigenvalue weighted by molar-refractivity contribution is 5.98. The number of carboxylic acid groups (broad SMARTS) is 1. The van der Waals surface area contributed by atoms with E-state index < -0.39 is 17.4 Å². The number of carboxylic acids is 1. The van der Waals surface area contributed by atoms with E-state index in [2.05, 4.69) is 5.32 Å². The van der Waals surface area contributed by atoms with Gasteiger partial charge in [0.05, 0.1) is 13.2 Å². The summed E-state index contributed by atoms with van der Waals surface area (Å²) in [5, 5.41) is 11.9. The van der Waals surface area contributed by atoms with Crippen molar-refractivity contribution in [3.8, 4) is 5.75 Å². The summed E-state index contributed by atoms with van der Waals surface area (Å²) >= 11 is 0. The summed E-state index contributed by atoms with van der Waals surface area (Å²) < 4.78 is 15.6. The maximum absolute atomic E-state index is 12.3. The number of carbonyl (C=O) groups excluding carboxylic acids is 1. The molecule has 7 nitrogen and oxygen atoms in total. The fourth-order valence-electron chi connectivity index (χ4n) is 2.30. The molecule has 0 radical (unpaired) electrons. The number of hydrogen-bond acceptors (Lipinski definition) is 5. The SMILES string of the molecule is COCCCOc1cccc(C(=O)NC2(C(=O)O)CCOC2)c1. The van der Waals surface area contributed by atoms with E-state index in [0.29, 0.717) is 31.1 Å². The molecule has 1 aliphatic rings. The fraction of sp³-hybridized carbons (Fsp3) is 0.500. The van der Waals surface area contributed by atoms with Crippen molar-refractivity contribution < 1.29 is 28.9 Å². The van der Waals surface area contributed by atoms with Crippen LogP contribution in [0, 0.1) is 0 Å². The first-order valence-electron chi connectivity index (χ1n) is 7.43. The minimum Gasteiger partial charge on any atom is -0.493 e. The van der Waals surface area contributed by atoms with Crippen LogP contribution in [0.5, 0.6) is 5.75 Å². The third-order valence-corrected chi connectivity index (χ3v) is 3.64. The monoisotopic (exact) mass is 323 g/mol. The van der Waals surface area contributed by atoms with Crippen LogP contribution in [0.3, 0.4) is 0 Å². The predicted octanol–water partition coefficient (Wildman–Crippen LogP) is 1.08. The molecular weight excluding hydrogens is 302 g/mol. The van der Waals surface area contributed by atoms with Crippen molar-refractivity contribution in [2.24, 2.45) is 0 Å². The molecule has 2 rings (SSSR count). The molecule has 1 fully saturated rings. The van der Waals surface area contributed by atoms with Gasteiger partial charge in [0, 0.05) is 38.7 Å². The molecule has 1 saturated heterocycles. The summed E-state index contributed by atoms with van der Waals surface area (Å²) in [4.78, 5) is 23.8. The van der Waals surface area contributed by atoms with Crippen LogP contribution in [-0.2, 0) is 14.3 Å². The molecule has 0 bridgehead atoms. The summed E-state index contributed by atoms with van der Waals surface area (Å²) in [6.07, 6.45) is 0.994. The Kier molecular flexibility index (Phi) is 5.95. The molecule has 1 unspecified atom stereocenters. The molecule has 0 spiro atoms. The number of aliphatic carboxylic acids is 1. The Morgan fingerprint density at radius 3 is 2.87 bits per heavy atom. The number of benzene rings is 1. The normalized spacial score (nSPS) is 20.2. The Balaban J connectivity index is 2.00. The van der Waals surface area contributed by atoms with Crippen LogP contribution in [0.25, 0.3) is 0 Å². The molecule has 1 aliphatic heterocycles. The highest BCUT2D eigenvalue weighted by atomic mass is 16.5. The van der Waals surface area contributed by atoms with E-state index >= 15 is 0 Å². The van der Waals surface area contributed by atoms with Crippen molar-refractivity contribution >= 4 is 11.9 Å². The molecule has 2 N–H and O–H groups in total. The number of methoxy groups -OCH3 is 1. The average Bonchev–Trinajstić information content (AvgIpc) is 3.02. The van der Waals surface area contributed by atoms with E-state index in [1.807, 2.05) is 0 Å². The van der Waals surface area contributed by atoms with Crippen molar-refractivity contribution in [1.82, 2.24) is 5.32 Å². The maximum atomic E-state index is 12.3. The molecule has 0 aliphatic carbocycles. The van der Waals surface area contributed by atoms with Crippen molar-refractivity contribution in [3.63, 3.8) is 0 Å². The first-order valence-corrected chi connectivity index (χ1v) is 7.43. The van der Waals surface area contributed by atoms with Crippen LogP contribution < -0.4 is 10.1 Å². The van der Waals surface area contributed by atoms with Crippen LogP contribution in [0.4, 0.5) is 0 Å². The van der Waals surface area contributed by atoms with Gasteiger partial charge in [-0.25, -0.2) is 4.79 Å². The number of carbonyl (C=O) groups is 2. The highest BCUT2D eigenvalue weighted by Gasteiger charge is 2.44. The molecule has 126 valence electrons. The topological polar surface area (TPSA) is 94.1 Å². The van der Waals surface area contributed by atoms with E-state index in [4.69, 9.17) is 14.2 Å². The van der Waals surface area contributed by atoms with Crippen molar-refractivity contribution in [2.75, 3.05) is 33.5 Å². The molecule has 0 aromatic heterocycles. The Bertz CT molecular complexity index is 553. The molecule has 1 atom stereocenters. The van der Waals surface area contributed by atoms with Gasteiger partial charge in [-0.2, -0.15) is 0 Å². The third kappa shape index (κ3) is 4.43. The first-order chi connectivity index (χ1) is 11.1. The molecule has 1 aromatic rings. The van der Waals surface area contributed by atoms with Crippen LogP contribution in [0.15, 0.2) is 24.3 Å². The number of ether oxygens (including phenoxy) is 3. The summed E-state index contributed by atoms with van der Waals surface area (Å²) in [5.74, 6) is -0.989. The summed E-state index contributed by atoms with van der Waals surface area (Å²) in [5.41, 5.74) is -1.01. The summed E-state index contributed by atoms with van der Waals surface area (Å²) in [7, 11) is 1.62. The minimum atomic E-state index is -1.35. The van der Waals surface area contributed by atoms with Gasteiger partial charge in [0.25, 0.3) is 5.91 Å². The quantitative estimate of drug-likeness (QED) is 0.695. The lowest BCUT2D eigenvalue weighted by Gasteiger charge is -2.23. The predicted molar refractivity (Wildman–Crippen MR) is 81.7 cm³/mol. The number of nitrogens with one attached hydrogen (secondary N) is 1. The lowest BCUT2D eigenvalue weighted by molar-refractivity contribution is -0.144. The molecular formula is C16H21NO6.